The number of carbonyl (C=O) groups is 1. The minimum absolute atomic E-state index is 0.0121. The van der Waals surface area contributed by atoms with Crippen molar-refractivity contribution < 1.29 is 23.0 Å². The molecule has 0 spiro atoms. The molecule has 116 valence electrons. The van der Waals surface area contributed by atoms with Crippen LogP contribution in [0.4, 0.5) is 8.78 Å². The molecule has 1 heterocycles. The topological polar surface area (TPSA) is 47.6 Å². The largest absolute Gasteiger partial charge is 0.456 e. The van der Waals surface area contributed by atoms with Gasteiger partial charge in [-0.25, -0.2) is 8.78 Å². The first kappa shape index (κ1) is 16.1. The minimum atomic E-state index is -1.29. The lowest BCUT2D eigenvalue weighted by Crippen LogP contribution is -2.42. The van der Waals surface area contributed by atoms with Gasteiger partial charge in [0.05, 0.1) is 5.02 Å². The van der Waals surface area contributed by atoms with E-state index in [-0.39, 0.29) is 17.1 Å². The third-order valence-corrected chi connectivity index (χ3v) is 3.75. The molecule has 4 atom stereocenters. The van der Waals surface area contributed by atoms with Crippen LogP contribution in [0, 0.1) is 5.82 Å². The predicted molar refractivity (Wildman–Crippen MR) is 73.4 cm³/mol. The van der Waals surface area contributed by atoms with Crippen LogP contribution in [-0.4, -0.2) is 37.9 Å². The number of ether oxygens (including phenoxy) is 2. The van der Waals surface area contributed by atoms with Crippen LogP contribution in [0.25, 0.3) is 0 Å². The van der Waals surface area contributed by atoms with Gasteiger partial charge in [0, 0.05) is 19.2 Å². The number of benzene rings is 1. The van der Waals surface area contributed by atoms with Crippen molar-refractivity contribution >= 4 is 17.6 Å². The van der Waals surface area contributed by atoms with Crippen molar-refractivity contribution in [3.05, 3.63) is 34.6 Å². The first-order valence-corrected chi connectivity index (χ1v) is 6.88. The fourth-order valence-electron chi connectivity index (χ4n) is 2.33. The second kappa shape index (κ2) is 6.68. The normalized spacial score (nSPS) is 26.6. The zero-order valence-electron chi connectivity index (χ0n) is 11.6. The van der Waals surface area contributed by atoms with E-state index in [0.29, 0.717) is 0 Å². The molecule has 1 aromatic carbocycles. The second-order valence-corrected chi connectivity index (χ2v) is 5.23. The molecular formula is C14H16ClF2NO3. The third-order valence-electron chi connectivity index (χ3n) is 3.46. The first-order chi connectivity index (χ1) is 9.95. The van der Waals surface area contributed by atoms with E-state index >= 15 is 0 Å². The molecule has 0 radical (unpaired) electrons. The summed E-state index contributed by atoms with van der Waals surface area (Å²) in [5.41, 5.74) is 0.166. The Morgan fingerprint density at radius 1 is 1.52 bits per heavy atom. The molecule has 1 aliphatic rings. The van der Waals surface area contributed by atoms with Crippen LogP contribution < -0.4 is 5.32 Å². The lowest BCUT2D eigenvalue weighted by Gasteiger charge is -2.21. The molecule has 0 unspecified atom stereocenters. The number of carbonyl (C=O) groups excluding carboxylic acids is 1. The molecule has 2 rings (SSSR count). The fraction of sp³-hybridized carbons (Fsp3) is 0.500. The Balaban J connectivity index is 2.07. The standard InChI is InChI=1S/C14H16ClF2NO3/c1-7(8-4-3-5-9(15)11(8)17)21-14(19)12-13(20-2)10(16)6-18-12/h3-5,7,10,12-13,18H,6H2,1-2H3/t7-,10-,12-,13+/m0/s1. The summed E-state index contributed by atoms with van der Waals surface area (Å²) in [6, 6.07) is 3.54. The van der Waals surface area contributed by atoms with Crippen molar-refractivity contribution in [3.8, 4) is 0 Å². The molecule has 1 aromatic rings. The van der Waals surface area contributed by atoms with Crippen LogP contribution in [0.1, 0.15) is 18.6 Å². The van der Waals surface area contributed by atoms with Crippen LogP contribution in [0.15, 0.2) is 18.2 Å². The van der Waals surface area contributed by atoms with Gasteiger partial charge in [-0.15, -0.1) is 0 Å². The quantitative estimate of drug-likeness (QED) is 0.866. The molecule has 0 saturated carbocycles. The predicted octanol–water partition coefficient (Wildman–Crippen LogP) is 2.41. The molecule has 1 fully saturated rings. The molecule has 1 aliphatic heterocycles. The van der Waals surface area contributed by atoms with Crippen molar-refractivity contribution in [2.45, 2.75) is 31.3 Å². The minimum Gasteiger partial charge on any atom is -0.456 e. The third kappa shape index (κ3) is 3.33. The van der Waals surface area contributed by atoms with Gasteiger partial charge in [-0.2, -0.15) is 0 Å². The van der Waals surface area contributed by atoms with Crippen molar-refractivity contribution in [3.63, 3.8) is 0 Å². The molecule has 1 saturated heterocycles. The van der Waals surface area contributed by atoms with Crippen LogP contribution >= 0.6 is 11.6 Å². The summed E-state index contributed by atoms with van der Waals surface area (Å²) in [6.45, 7) is 1.54. The number of rotatable bonds is 4. The van der Waals surface area contributed by atoms with E-state index < -0.39 is 36.2 Å². The monoisotopic (exact) mass is 319 g/mol. The van der Waals surface area contributed by atoms with Gasteiger partial charge in [0.2, 0.25) is 0 Å². The van der Waals surface area contributed by atoms with Crippen molar-refractivity contribution in [2.24, 2.45) is 0 Å². The van der Waals surface area contributed by atoms with Gasteiger partial charge < -0.3 is 9.47 Å². The zero-order valence-corrected chi connectivity index (χ0v) is 12.4. The summed E-state index contributed by atoms with van der Waals surface area (Å²) in [7, 11) is 1.32. The Kier molecular flexibility index (Phi) is 5.13. The SMILES string of the molecule is CO[C@H]1[C@@H](C(=O)O[C@@H](C)c2cccc(Cl)c2F)NC[C@@H]1F. The first-order valence-electron chi connectivity index (χ1n) is 6.50. The summed E-state index contributed by atoms with van der Waals surface area (Å²) in [5, 5.41) is 2.65. The molecule has 0 aliphatic carbocycles. The fourth-order valence-corrected chi connectivity index (χ4v) is 2.51. The number of esters is 1. The Morgan fingerprint density at radius 3 is 2.90 bits per heavy atom. The molecule has 4 nitrogen and oxygen atoms in total. The van der Waals surface area contributed by atoms with E-state index in [4.69, 9.17) is 21.1 Å². The highest BCUT2D eigenvalue weighted by Crippen LogP contribution is 2.26. The average Bonchev–Trinajstić information content (AvgIpc) is 2.82. The molecule has 7 heteroatoms. The molecule has 21 heavy (non-hydrogen) atoms. The zero-order chi connectivity index (χ0) is 15.6. The van der Waals surface area contributed by atoms with Crippen LogP contribution in [0.5, 0.6) is 0 Å². The highest BCUT2D eigenvalue weighted by molar-refractivity contribution is 6.30. The van der Waals surface area contributed by atoms with Crippen molar-refractivity contribution in [1.29, 1.82) is 0 Å². The smallest absolute Gasteiger partial charge is 0.326 e. The van der Waals surface area contributed by atoms with Crippen LogP contribution in [0.3, 0.4) is 0 Å². The van der Waals surface area contributed by atoms with Gasteiger partial charge in [0.15, 0.2) is 0 Å². The molecular weight excluding hydrogens is 304 g/mol. The summed E-state index contributed by atoms with van der Waals surface area (Å²) >= 11 is 5.69. The van der Waals surface area contributed by atoms with Crippen molar-refractivity contribution in [1.82, 2.24) is 5.32 Å². The number of methoxy groups -OCH3 is 1. The molecule has 1 N–H and O–H groups in total. The van der Waals surface area contributed by atoms with Crippen LogP contribution in [0.2, 0.25) is 5.02 Å². The summed E-state index contributed by atoms with van der Waals surface area (Å²) < 4.78 is 37.5. The number of nitrogens with one attached hydrogen (secondary N) is 1. The molecule has 0 aromatic heterocycles. The summed E-state index contributed by atoms with van der Waals surface area (Å²) in [4.78, 5) is 12.1. The highest BCUT2D eigenvalue weighted by Gasteiger charge is 2.42. The van der Waals surface area contributed by atoms with Crippen LogP contribution in [-0.2, 0) is 14.3 Å². The molecule has 0 amide bonds. The Hall–Kier alpha value is -1.24. The van der Waals surface area contributed by atoms with E-state index in [1.165, 1.54) is 26.2 Å². The van der Waals surface area contributed by atoms with Gasteiger partial charge in [-0.05, 0) is 13.0 Å². The Labute approximate surface area is 126 Å². The van der Waals surface area contributed by atoms with E-state index in [2.05, 4.69) is 5.32 Å². The number of halogens is 3. The average molecular weight is 320 g/mol. The van der Waals surface area contributed by atoms with Gasteiger partial charge >= 0.3 is 5.97 Å². The van der Waals surface area contributed by atoms with Gasteiger partial charge in [0.1, 0.15) is 30.2 Å². The maximum atomic E-state index is 13.9. The number of hydrogen-bond acceptors (Lipinski definition) is 4. The van der Waals surface area contributed by atoms with Gasteiger partial charge in [-0.3, -0.25) is 10.1 Å². The van der Waals surface area contributed by atoms with Gasteiger partial charge in [0.25, 0.3) is 0 Å². The van der Waals surface area contributed by atoms with E-state index in [0.717, 1.165) is 0 Å². The summed E-state index contributed by atoms with van der Waals surface area (Å²) in [6.07, 6.45) is -3.03. The lowest BCUT2D eigenvalue weighted by molar-refractivity contribution is -0.154. The van der Waals surface area contributed by atoms with E-state index in [9.17, 15) is 13.6 Å². The number of hydrogen-bond donors (Lipinski definition) is 1. The highest BCUT2D eigenvalue weighted by atomic mass is 35.5. The second-order valence-electron chi connectivity index (χ2n) is 4.82. The summed E-state index contributed by atoms with van der Waals surface area (Å²) in [5.74, 6) is -1.32. The maximum absolute atomic E-state index is 13.9. The Morgan fingerprint density at radius 2 is 2.24 bits per heavy atom. The van der Waals surface area contributed by atoms with E-state index in [1.807, 2.05) is 0 Å². The Bertz CT molecular complexity index is 529. The maximum Gasteiger partial charge on any atom is 0.326 e. The lowest BCUT2D eigenvalue weighted by atomic mass is 10.1. The van der Waals surface area contributed by atoms with Crippen molar-refractivity contribution in [2.75, 3.05) is 13.7 Å². The van der Waals surface area contributed by atoms with Gasteiger partial charge in [-0.1, -0.05) is 23.7 Å². The number of alkyl halides is 1. The van der Waals surface area contributed by atoms with E-state index in [1.54, 1.807) is 6.07 Å². The molecule has 0 bridgehead atoms.